The first-order valence-corrected chi connectivity index (χ1v) is 11.5. The van der Waals surface area contributed by atoms with E-state index in [-0.39, 0.29) is 21.8 Å². The first-order valence-electron chi connectivity index (χ1n) is 10.1. The standard InChI is InChI=1S/C23H23N3O6S/c1-3-32-19-12-14-20(15-13-19)33(30,31)25(18-8-5-4-6-9-18)16-23(27)24-21-10-7-11-22(17(21)2)26(28)29/h4-15H,3,16H2,1-2H3,(H,24,27). The van der Waals surface area contributed by atoms with Gasteiger partial charge in [0.05, 0.1) is 33.4 Å². The molecule has 0 radical (unpaired) electrons. The van der Waals surface area contributed by atoms with E-state index in [1.807, 2.05) is 6.92 Å². The van der Waals surface area contributed by atoms with Crippen LogP contribution in [-0.2, 0) is 14.8 Å². The van der Waals surface area contributed by atoms with E-state index < -0.39 is 27.4 Å². The summed E-state index contributed by atoms with van der Waals surface area (Å²) in [4.78, 5) is 23.5. The van der Waals surface area contributed by atoms with Crippen molar-refractivity contribution in [3.63, 3.8) is 0 Å². The zero-order valence-corrected chi connectivity index (χ0v) is 18.9. The number of ether oxygens (including phenoxy) is 1. The minimum Gasteiger partial charge on any atom is -0.494 e. The van der Waals surface area contributed by atoms with Crippen molar-refractivity contribution in [3.8, 4) is 5.75 Å². The third-order valence-corrected chi connectivity index (χ3v) is 6.62. The molecule has 33 heavy (non-hydrogen) atoms. The SMILES string of the molecule is CCOc1ccc(S(=O)(=O)N(CC(=O)Nc2cccc([N+](=O)[O-])c2C)c2ccccc2)cc1. The number of hydrogen-bond acceptors (Lipinski definition) is 6. The van der Waals surface area contributed by atoms with Gasteiger partial charge >= 0.3 is 0 Å². The van der Waals surface area contributed by atoms with E-state index in [0.717, 1.165) is 4.31 Å². The summed E-state index contributed by atoms with van der Waals surface area (Å²) >= 11 is 0. The summed E-state index contributed by atoms with van der Waals surface area (Å²) in [5.74, 6) is -0.112. The number of nitrogens with zero attached hydrogens (tertiary/aromatic N) is 2. The lowest BCUT2D eigenvalue weighted by Crippen LogP contribution is -2.38. The van der Waals surface area contributed by atoms with Crippen molar-refractivity contribution >= 4 is 33.0 Å². The average Bonchev–Trinajstić information content (AvgIpc) is 2.80. The molecule has 0 bridgehead atoms. The van der Waals surface area contributed by atoms with Crippen molar-refractivity contribution in [1.82, 2.24) is 0 Å². The lowest BCUT2D eigenvalue weighted by Gasteiger charge is -2.24. The topological polar surface area (TPSA) is 119 Å². The van der Waals surface area contributed by atoms with Crippen LogP contribution in [0.2, 0.25) is 0 Å². The van der Waals surface area contributed by atoms with Gasteiger partial charge in [-0.3, -0.25) is 19.2 Å². The highest BCUT2D eigenvalue weighted by Gasteiger charge is 2.27. The van der Waals surface area contributed by atoms with Crippen LogP contribution in [0.15, 0.2) is 77.7 Å². The summed E-state index contributed by atoms with van der Waals surface area (Å²) in [5.41, 5.74) is 0.671. The van der Waals surface area contributed by atoms with Gasteiger partial charge in [0.1, 0.15) is 12.3 Å². The molecule has 0 aliphatic carbocycles. The first kappa shape index (κ1) is 23.7. The van der Waals surface area contributed by atoms with E-state index >= 15 is 0 Å². The number of para-hydroxylation sites is 1. The average molecular weight is 470 g/mol. The van der Waals surface area contributed by atoms with Crippen LogP contribution < -0.4 is 14.4 Å². The molecule has 0 saturated carbocycles. The van der Waals surface area contributed by atoms with Crippen molar-refractivity contribution in [3.05, 3.63) is 88.5 Å². The molecule has 172 valence electrons. The summed E-state index contributed by atoms with van der Waals surface area (Å²) in [6.45, 7) is 3.25. The van der Waals surface area contributed by atoms with Gasteiger partial charge in [0.25, 0.3) is 15.7 Å². The van der Waals surface area contributed by atoms with Crippen LogP contribution >= 0.6 is 0 Å². The fourth-order valence-electron chi connectivity index (χ4n) is 3.19. The number of anilines is 2. The van der Waals surface area contributed by atoms with E-state index in [1.54, 1.807) is 42.5 Å². The number of hydrogen-bond donors (Lipinski definition) is 1. The summed E-state index contributed by atoms with van der Waals surface area (Å²) in [7, 11) is -4.10. The minimum absolute atomic E-state index is 0.00543. The highest BCUT2D eigenvalue weighted by molar-refractivity contribution is 7.92. The van der Waals surface area contributed by atoms with Crippen LogP contribution in [0.25, 0.3) is 0 Å². The summed E-state index contributed by atoms with van der Waals surface area (Å²) < 4.78 is 33.2. The molecule has 0 aliphatic rings. The minimum atomic E-state index is -4.10. The van der Waals surface area contributed by atoms with Crippen LogP contribution in [0.1, 0.15) is 12.5 Å². The van der Waals surface area contributed by atoms with E-state index in [2.05, 4.69) is 5.32 Å². The number of amides is 1. The van der Waals surface area contributed by atoms with Crippen molar-refractivity contribution < 1.29 is 22.9 Å². The van der Waals surface area contributed by atoms with Gasteiger partial charge in [0.2, 0.25) is 5.91 Å². The highest BCUT2D eigenvalue weighted by Crippen LogP contribution is 2.27. The molecular weight excluding hydrogens is 446 g/mol. The Kier molecular flexibility index (Phi) is 7.29. The third kappa shape index (κ3) is 5.47. The molecule has 0 fully saturated rings. The smallest absolute Gasteiger partial charge is 0.274 e. The maximum absolute atomic E-state index is 13.4. The fraction of sp³-hybridized carbons (Fsp3) is 0.174. The number of nitro benzene ring substituents is 1. The molecule has 0 aromatic heterocycles. The first-order chi connectivity index (χ1) is 15.7. The Morgan fingerprint density at radius 3 is 2.30 bits per heavy atom. The van der Waals surface area contributed by atoms with Gasteiger partial charge in [0.15, 0.2) is 0 Å². The van der Waals surface area contributed by atoms with Gasteiger partial charge in [-0.25, -0.2) is 8.42 Å². The fourth-order valence-corrected chi connectivity index (χ4v) is 4.61. The van der Waals surface area contributed by atoms with E-state index in [1.165, 1.54) is 37.3 Å². The lowest BCUT2D eigenvalue weighted by atomic mass is 10.1. The zero-order valence-electron chi connectivity index (χ0n) is 18.1. The molecule has 0 spiro atoms. The Hall–Kier alpha value is -3.92. The molecule has 3 aromatic rings. The van der Waals surface area contributed by atoms with Crippen LogP contribution in [0.3, 0.4) is 0 Å². The van der Waals surface area contributed by atoms with Gasteiger partial charge in [-0.05, 0) is 56.3 Å². The monoisotopic (exact) mass is 469 g/mol. The summed E-state index contributed by atoms with van der Waals surface area (Å²) in [6, 6.07) is 18.5. The highest BCUT2D eigenvalue weighted by atomic mass is 32.2. The Morgan fingerprint density at radius 1 is 1.03 bits per heavy atom. The molecule has 1 amide bonds. The second-order valence-corrected chi connectivity index (χ2v) is 8.87. The van der Waals surface area contributed by atoms with Crippen molar-refractivity contribution in [1.29, 1.82) is 0 Å². The van der Waals surface area contributed by atoms with Gasteiger partial charge in [0, 0.05) is 6.07 Å². The molecule has 0 unspecified atom stereocenters. The number of carbonyl (C=O) groups excluding carboxylic acids is 1. The predicted molar refractivity (Wildman–Crippen MR) is 125 cm³/mol. The van der Waals surface area contributed by atoms with Crippen molar-refractivity contribution in [2.24, 2.45) is 0 Å². The Labute approximate surface area is 191 Å². The maximum Gasteiger partial charge on any atom is 0.274 e. The number of carbonyl (C=O) groups is 1. The molecule has 10 heteroatoms. The molecule has 9 nitrogen and oxygen atoms in total. The summed E-state index contributed by atoms with van der Waals surface area (Å²) in [5, 5.41) is 13.8. The summed E-state index contributed by atoms with van der Waals surface area (Å²) in [6.07, 6.45) is 0. The van der Waals surface area contributed by atoms with Gasteiger partial charge < -0.3 is 10.1 Å². The van der Waals surface area contributed by atoms with Gasteiger partial charge in [-0.1, -0.05) is 24.3 Å². The van der Waals surface area contributed by atoms with Crippen LogP contribution in [0, 0.1) is 17.0 Å². The maximum atomic E-state index is 13.4. The van der Waals surface area contributed by atoms with E-state index in [9.17, 15) is 23.3 Å². The van der Waals surface area contributed by atoms with Crippen LogP contribution in [0.4, 0.5) is 17.1 Å². The van der Waals surface area contributed by atoms with E-state index in [4.69, 9.17) is 4.74 Å². The van der Waals surface area contributed by atoms with Crippen LogP contribution in [-0.4, -0.2) is 32.4 Å². The second kappa shape index (κ2) is 10.1. The molecular formula is C23H23N3O6S. The van der Waals surface area contributed by atoms with Crippen molar-refractivity contribution in [2.45, 2.75) is 18.7 Å². The Morgan fingerprint density at radius 2 is 1.70 bits per heavy atom. The quantitative estimate of drug-likeness (QED) is 0.372. The number of nitrogens with one attached hydrogen (secondary N) is 1. The zero-order chi connectivity index (χ0) is 24.0. The third-order valence-electron chi connectivity index (χ3n) is 4.83. The molecule has 3 rings (SSSR count). The molecule has 0 aliphatic heterocycles. The van der Waals surface area contributed by atoms with Crippen molar-refractivity contribution in [2.75, 3.05) is 22.8 Å². The van der Waals surface area contributed by atoms with Crippen LogP contribution in [0.5, 0.6) is 5.75 Å². The number of nitro groups is 1. The Balaban J connectivity index is 1.91. The Bertz CT molecular complexity index is 1240. The molecule has 1 N–H and O–H groups in total. The molecule has 0 atom stereocenters. The number of benzene rings is 3. The molecule has 0 heterocycles. The number of sulfonamides is 1. The van der Waals surface area contributed by atoms with Gasteiger partial charge in [-0.15, -0.1) is 0 Å². The molecule has 0 saturated heterocycles. The molecule has 3 aromatic carbocycles. The van der Waals surface area contributed by atoms with Gasteiger partial charge in [-0.2, -0.15) is 0 Å². The second-order valence-electron chi connectivity index (χ2n) is 7.01. The largest absolute Gasteiger partial charge is 0.494 e. The predicted octanol–water partition coefficient (Wildman–Crippen LogP) is 4.14. The normalized spacial score (nSPS) is 11.0. The van der Waals surface area contributed by atoms with E-state index in [0.29, 0.717) is 18.0 Å². The lowest BCUT2D eigenvalue weighted by molar-refractivity contribution is -0.385. The number of rotatable bonds is 9.